The first-order chi connectivity index (χ1) is 10.1. The van der Waals surface area contributed by atoms with Gasteiger partial charge in [-0.2, -0.15) is 11.8 Å². The van der Waals surface area contributed by atoms with Gasteiger partial charge in [0, 0.05) is 19.0 Å². The topological polar surface area (TPSA) is 49.4 Å². The van der Waals surface area contributed by atoms with Crippen LogP contribution in [0, 0.1) is 5.92 Å². The molecule has 0 radical (unpaired) electrons. The highest BCUT2D eigenvalue weighted by atomic mass is 32.2. The van der Waals surface area contributed by atoms with Crippen LogP contribution in [0.5, 0.6) is 0 Å². The Bertz CT molecular complexity index is 369. The van der Waals surface area contributed by atoms with E-state index in [0.29, 0.717) is 18.9 Å². The van der Waals surface area contributed by atoms with Gasteiger partial charge in [0.25, 0.3) is 0 Å². The van der Waals surface area contributed by atoms with E-state index in [4.69, 9.17) is 0 Å². The van der Waals surface area contributed by atoms with E-state index in [-0.39, 0.29) is 23.9 Å². The quantitative estimate of drug-likeness (QED) is 0.848. The first-order valence-corrected chi connectivity index (χ1v) is 9.61. The van der Waals surface area contributed by atoms with E-state index in [1.807, 2.05) is 16.7 Å². The summed E-state index contributed by atoms with van der Waals surface area (Å²) in [4.78, 5) is 26.8. The van der Waals surface area contributed by atoms with Crippen molar-refractivity contribution in [1.29, 1.82) is 0 Å². The molecule has 2 fully saturated rings. The van der Waals surface area contributed by atoms with E-state index in [1.54, 1.807) is 0 Å². The maximum absolute atomic E-state index is 12.9. The smallest absolute Gasteiger partial charge is 0.245 e. The van der Waals surface area contributed by atoms with E-state index in [2.05, 4.69) is 18.5 Å². The zero-order chi connectivity index (χ0) is 15.2. The van der Waals surface area contributed by atoms with Crippen molar-refractivity contribution in [2.24, 2.45) is 5.92 Å². The third-order valence-electron chi connectivity index (χ3n) is 4.84. The Morgan fingerprint density at radius 1 is 1.29 bits per heavy atom. The highest BCUT2D eigenvalue weighted by molar-refractivity contribution is 7.98. The summed E-state index contributed by atoms with van der Waals surface area (Å²) in [5.74, 6) is 1.59. The molecule has 2 aliphatic rings. The van der Waals surface area contributed by atoms with Gasteiger partial charge in [-0.1, -0.05) is 19.3 Å². The predicted octanol–water partition coefficient (Wildman–Crippen LogP) is 2.43. The van der Waals surface area contributed by atoms with Crippen molar-refractivity contribution < 1.29 is 9.59 Å². The van der Waals surface area contributed by atoms with Gasteiger partial charge in [-0.05, 0) is 44.1 Å². The number of amides is 2. The van der Waals surface area contributed by atoms with E-state index in [0.717, 1.165) is 25.0 Å². The van der Waals surface area contributed by atoms with Crippen molar-refractivity contribution in [3.63, 3.8) is 0 Å². The highest BCUT2D eigenvalue weighted by Crippen LogP contribution is 2.29. The summed E-state index contributed by atoms with van der Waals surface area (Å²) in [6.45, 7) is 2.69. The lowest BCUT2D eigenvalue weighted by atomic mass is 9.83. The molecule has 2 atom stereocenters. The molecule has 0 aromatic heterocycles. The summed E-state index contributed by atoms with van der Waals surface area (Å²) in [6.07, 6.45) is 9.31. The van der Waals surface area contributed by atoms with Gasteiger partial charge in [-0.15, -0.1) is 0 Å². The number of nitrogens with zero attached hydrogens (tertiary/aromatic N) is 1. The summed E-state index contributed by atoms with van der Waals surface area (Å²) >= 11 is 1.81. The van der Waals surface area contributed by atoms with Gasteiger partial charge in [-0.25, -0.2) is 0 Å². The van der Waals surface area contributed by atoms with Gasteiger partial charge in [0.05, 0.1) is 0 Å². The van der Waals surface area contributed by atoms with Crippen LogP contribution in [0.3, 0.4) is 0 Å². The second-order valence-corrected chi connectivity index (χ2v) is 7.34. The molecule has 21 heavy (non-hydrogen) atoms. The van der Waals surface area contributed by atoms with Crippen molar-refractivity contribution in [2.45, 2.75) is 64.0 Å². The van der Waals surface area contributed by atoms with Gasteiger partial charge in [0.15, 0.2) is 0 Å². The Morgan fingerprint density at radius 3 is 2.67 bits per heavy atom. The van der Waals surface area contributed by atoms with Gasteiger partial charge in [-0.3, -0.25) is 9.59 Å². The largest absolute Gasteiger partial charge is 0.344 e. The molecule has 120 valence electrons. The normalized spacial score (nSPS) is 26.4. The fourth-order valence-electron chi connectivity index (χ4n) is 3.49. The van der Waals surface area contributed by atoms with E-state index < -0.39 is 0 Å². The second kappa shape index (κ2) is 8.06. The number of thioether (sulfide) groups is 1. The highest BCUT2D eigenvalue weighted by Gasteiger charge is 2.37. The van der Waals surface area contributed by atoms with Crippen LogP contribution in [0.2, 0.25) is 0 Å². The minimum absolute atomic E-state index is 0.0403. The van der Waals surface area contributed by atoms with Crippen molar-refractivity contribution >= 4 is 23.6 Å². The molecule has 2 rings (SSSR count). The second-order valence-electron chi connectivity index (χ2n) is 6.36. The van der Waals surface area contributed by atoms with Crippen LogP contribution in [0.25, 0.3) is 0 Å². The average Bonchev–Trinajstić information content (AvgIpc) is 2.65. The standard InChI is InChI=1S/C16H28N2O2S/c1-12(9-11-21-2)18-10-8-14(19)17-15(16(18)20)13-6-4-3-5-7-13/h12-13,15H,3-11H2,1-2H3,(H,17,19). The number of carbonyl (C=O) groups excluding carboxylic acids is 2. The molecule has 1 saturated carbocycles. The number of hydrogen-bond donors (Lipinski definition) is 1. The Morgan fingerprint density at radius 2 is 2.00 bits per heavy atom. The molecular weight excluding hydrogens is 284 g/mol. The molecule has 1 heterocycles. The summed E-state index contributed by atoms with van der Waals surface area (Å²) in [7, 11) is 0. The van der Waals surface area contributed by atoms with Crippen LogP contribution < -0.4 is 5.32 Å². The molecule has 5 heteroatoms. The van der Waals surface area contributed by atoms with Gasteiger partial charge in [0.1, 0.15) is 6.04 Å². The molecule has 0 aromatic rings. The Kier molecular flexibility index (Phi) is 6.40. The van der Waals surface area contributed by atoms with E-state index in [9.17, 15) is 9.59 Å². The molecule has 1 saturated heterocycles. The zero-order valence-corrected chi connectivity index (χ0v) is 14.1. The minimum Gasteiger partial charge on any atom is -0.344 e. The van der Waals surface area contributed by atoms with Crippen molar-refractivity contribution in [3.05, 3.63) is 0 Å². The first-order valence-electron chi connectivity index (χ1n) is 8.22. The lowest BCUT2D eigenvalue weighted by molar-refractivity contribution is -0.137. The Balaban J connectivity index is 2.07. The molecule has 1 aliphatic carbocycles. The van der Waals surface area contributed by atoms with Crippen molar-refractivity contribution in [1.82, 2.24) is 10.2 Å². The van der Waals surface area contributed by atoms with Crippen molar-refractivity contribution in [3.8, 4) is 0 Å². The van der Waals surface area contributed by atoms with Crippen LogP contribution in [0.1, 0.15) is 51.9 Å². The van der Waals surface area contributed by atoms with Gasteiger partial charge >= 0.3 is 0 Å². The monoisotopic (exact) mass is 312 g/mol. The maximum Gasteiger partial charge on any atom is 0.245 e. The predicted molar refractivity (Wildman–Crippen MR) is 87.3 cm³/mol. The molecule has 1 N–H and O–H groups in total. The number of rotatable bonds is 5. The van der Waals surface area contributed by atoms with Crippen LogP contribution in [0.15, 0.2) is 0 Å². The van der Waals surface area contributed by atoms with Crippen LogP contribution in [-0.2, 0) is 9.59 Å². The average molecular weight is 312 g/mol. The molecule has 2 amide bonds. The number of hydrogen-bond acceptors (Lipinski definition) is 3. The minimum atomic E-state index is -0.281. The third-order valence-corrected chi connectivity index (χ3v) is 5.48. The van der Waals surface area contributed by atoms with Gasteiger partial charge < -0.3 is 10.2 Å². The fourth-order valence-corrected chi connectivity index (χ4v) is 4.06. The number of carbonyl (C=O) groups is 2. The third kappa shape index (κ3) is 4.38. The lowest BCUT2D eigenvalue weighted by Crippen LogP contribution is -2.51. The van der Waals surface area contributed by atoms with Crippen LogP contribution in [-0.4, -0.2) is 47.4 Å². The molecule has 0 spiro atoms. The zero-order valence-electron chi connectivity index (χ0n) is 13.3. The summed E-state index contributed by atoms with van der Waals surface area (Å²) in [5, 5.41) is 3.00. The SMILES string of the molecule is CSCCC(C)N1CCC(=O)NC(C2CCCCC2)C1=O. The molecule has 1 aliphatic heterocycles. The molecule has 4 nitrogen and oxygen atoms in total. The maximum atomic E-state index is 12.9. The lowest BCUT2D eigenvalue weighted by Gasteiger charge is -2.34. The van der Waals surface area contributed by atoms with Crippen molar-refractivity contribution in [2.75, 3.05) is 18.6 Å². The molecule has 0 aromatic carbocycles. The summed E-state index contributed by atoms with van der Waals surface area (Å²) in [5.41, 5.74) is 0. The van der Waals surface area contributed by atoms with E-state index >= 15 is 0 Å². The molecule has 2 unspecified atom stereocenters. The fraction of sp³-hybridized carbons (Fsp3) is 0.875. The summed E-state index contributed by atoms with van der Waals surface area (Å²) in [6, 6.07) is -0.0548. The first kappa shape index (κ1) is 16.7. The molecular formula is C16H28N2O2S. The Hall–Kier alpha value is -0.710. The van der Waals surface area contributed by atoms with Crippen LogP contribution >= 0.6 is 11.8 Å². The molecule has 0 bridgehead atoms. The number of nitrogens with one attached hydrogen (secondary N) is 1. The summed E-state index contributed by atoms with van der Waals surface area (Å²) < 4.78 is 0. The van der Waals surface area contributed by atoms with Gasteiger partial charge in [0.2, 0.25) is 11.8 Å². The Labute approximate surface area is 132 Å². The van der Waals surface area contributed by atoms with Crippen LogP contribution in [0.4, 0.5) is 0 Å². The van der Waals surface area contributed by atoms with E-state index in [1.165, 1.54) is 19.3 Å².